The van der Waals surface area contributed by atoms with Crippen molar-refractivity contribution in [2.24, 2.45) is 0 Å². The molecule has 0 saturated heterocycles. The van der Waals surface area contributed by atoms with Gasteiger partial charge in [0, 0.05) is 26.3 Å². The summed E-state index contributed by atoms with van der Waals surface area (Å²) in [5, 5.41) is 0. The number of halogens is 3. The Morgan fingerprint density at radius 2 is 0.935 bits per heavy atom. The fourth-order valence-electron chi connectivity index (χ4n) is 5.46. The van der Waals surface area contributed by atoms with Gasteiger partial charge >= 0.3 is 18.6 Å². The van der Waals surface area contributed by atoms with Crippen LogP contribution in [0.3, 0.4) is 0 Å². The third-order valence-corrected chi connectivity index (χ3v) is 7.72. The van der Waals surface area contributed by atoms with Gasteiger partial charge in [-0.05, 0) is 49.2 Å². The molecular formula is C35H45Cl3N5O2V. The summed E-state index contributed by atoms with van der Waals surface area (Å²) in [7, 11) is 0. The van der Waals surface area contributed by atoms with Crippen molar-refractivity contribution in [2.75, 3.05) is 26.4 Å². The van der Waals surface area contributed by atoms with Crippen LogP contribution < -0.4 is 37.2 Å². The van der Waals surface area contributed by atoms with E-state index in [0.717, 1.165) is 84.2 Å². The average molecular weight is 725 g/mol. The molecule has 0 unspecified atom stereocenters. The summed E-state index contributed by atoms with van der Waals surface area (Å²) < 4.78 is 16.5. The molecule has 0 aliphatic rings. The summed E-state index contributed by atoms with van der Waals surface area (Å²) in [6.45, 7) is 8.81. The number of imidazole rings is 2. The first kappa shape index (κ1) is 41.9. The van der Waals surface area contributed by atoms with Crippen molar-refractivity contribution >= 4 is 22.1 Å². The number of pyridine rings is 1. The molecule has 3 heterocycles. The van der Waals surface area contributed by atoms with Gasteiger partial charge in [0.25, 0.3) is 0 Å². The second-order valence-corrected chi connectivity index (χ2v) is 10.9. The number of nitrogens with zero attached hydrogens (tertiary/aromatic N) is 5. The third-order valence-electron chi connectivity index (χ3n) is 7.72. The second kappa shape index (κ2) is 22.5. The molecule has 2 aromatic carbocycles. The molecule has 0 N–H and O–H groups in total. The maximum atomic E-state index is 6.02. The van der Waals surface area contributed by atoms with Crippen molar-refractivity contribution in [1.29, 1.82) is 0 Å². The van der Waals surface area contributed by atoms with Gasteiger partial charge in [-0.25, -0.2) is 15.0 Å². The second-order valence-electron chi connectivity index (χ2n) is 10.9. The first-order valence-corrected chi connectivity index (χ1v) is 15.8. The number of para-hydroxylation sites is 4. The molecule has 0 bridgehead atoms. The largest absolute Gasteiger partial charge is 3.00 e. The van der Waals surface area contributed by atoms with Gasteiger partial charge in [0.15, 0.2) is 11.6 Å². The van der Waals surface area contributed by atoms with Gasteiger partial charge < -0.3 is 55.8 Å². The van der Waals surface area contributed by atoms with Crippen LogP contribution in [-0.2, 0) is 41.1 Å². The van der Waals surface area contributed by atoms with Gasteiger partial charge in [0.1, 0.15) is 11.4 Å². The third kappa shape index (κ3) is 11.0. The summed E-state index contributed by atoms with van der Waals surface area (Å²) in [6, 6.07) is 22.7. The molecule has 0 aliphatic heterocycles. The number of ether oxygens (including phenoxy) is 2. The van der Waals surface area contributed by atoms with Crippen LogP contribution in [0.15, 0.2) is 66.7 Å². The molecule has 0 saturated carbocycles. The Bertz CT molecular complexity index is 1450. The fraction of sp³-hybridized carbons (Fsp3) is 0.457. The van der Waals surface area contributed by atoms with E-state index in [9.17, 15) is 0 Å². The SMILES string of the molecule is CCCCCCOCCn1c(-c2cccc(-c3nc4ccccc4n3CCOCCCCCC)n2)nc2ccccc21.[Cl-].[Cl-].[Cl-].[V+3]. The fourth-order valence-corrected chi connectivity index (χ4v) is 5.46. The standard InChI is InChI=1S/C35H45N5O2.3ClH.V/c1-3-5-7-13-24-41-26-22-39-32-20-11-9-16-28(32)37-34(39)30-18-15-19-31(36-30)35-38-29-17-10-12-21-33(29)40(35)23-27-42-25-14-8-6-4-2;;;;/h9-12,15-21H,3-8,13-14,22-27H2,1-2H3;3*1H;/q;;;;+3/p-3. The molecule has 11 heteroatoms. The van der Waals surface area contributed by atoms with Gasteiger partial charge in [0.05, 0.1) is 35.3 Å². The molecule has 5 aromatic rings. The zero-order valence-electron chi connectivity index (χ0n) is 26.9. The Morgan fingerprint density at radius 1 is 0.500 bits per heavy atom. The number of unbranched alkanes of at least 4 members (excludes halogenated alkanes) is 6. The predicted molar refractivity (Wildman–Crippen MR) is 172 cm³/mol. The van der Waals surface area contributed by atoms with E-state index >= 15 is 0 Å². The van der Waals surface area contributed by atoms with E-state index in [2.05, 4.69) is 65.4 Å². The normalized spacial score (nSPS) is 10.7. The van der Waals surface area contributed by atoms with E-state index < -0.39 is 0 Å². The summed E-state index contributed by atoms with van der Waals surface area (Å²) in [5.41, 5.74) is 5.78. The van der Waals surface area contributed by atoms with Crippen LogP contribution in [0.5, 0.6) is 0 Å². The first-order chi connectivity index (χ1) is 20.8. The van der Waals surface area contributed by atoms with Crippen molar-refractivity contribution in [2.45, 2.75) is 78.3 Å². The number of hydrogen-bond donors (Lipinski definition) is 0. The maximum Gasteiger partial charge on any atom is 3.00 e. The minimum absolute atomic E-state index is 0. The zero-order chi connectivity index (χ0) is 29.0. The van der Waals surface area contributed by atoms with E-state index in [-0.39, 0.29) is 55.8 Å². The molecule has 0 spiro atoms. The van der Waals surface area contributed by atoms with E-state index in [1.165, 1.54) is 38.5 Å². The van der Waals surface area contributed by atoms with Crippen LogP contribution in [0.2, 0.25) is 0 Å². The van der Waals surface area contributed by atoms with E-state index in [1.54, 1.807) is 0 Å². The van der Waals surface area contributed by atoms with Crippen molar-refractivity contribution in [3.05, 3.63) is 66.7 Å². The number of fused-ring (bicyclic) bond motifs is 2. The molecule has 0 fully saturated rings. The van der Waals surface area contributed by atoms with Crippen LogP contribution in [0.4, 0.5) is 0 Å². The summed E-state index contributed by atoms with van der Waals surface area (Å²) in [5.74, 6) is 1.71. The molecule has 0 aliphatic carbocycles. The smallest absolute Gasteiger partial charge is 1.00 e. The van der Waals surface area contributed by atoms with Gasteiger partial charge in [-0.2, -0.15) is 0 Å². The Balaban J connectivity index is 0.00000264. The van der Waals surface area contributed by atoms with Crippen molar-refractivity contribution in [3.8, 4) is 23.0 Å². The van der Waals surface area contributed by atoms with Crippen LogP contribution in [0, 0.1) is 0 Å². The number of rotatable bonds is 18. The molecular weight excluding hydrogens is 680 g/mol. The number of benzene rings is 2. The minimum atomic E-state index is 0. The van der Waals surface area contributed by atoms with E-state index in [1.807, 2.05) is 24.3 Å². The van der Waals surface area contributed by atoms with Crippen LogP contribution in [-0.4, -0.2) is 50.5 Å². The van der Waals surface area contributed by atoms with Crippen LogP contribution >= 0.6 is 0 Å². The van der Waals surface area contributed by atoms with E-state index in [4.69, 9.17) is 24.4 Å². The summed E-state index contributed by atoms with van der Waals surface area (Å²) >= 11 is 0. The molecule has 5 rings (SSSR count). The minimum Gasteiger partial charge on any atom is -1.00 e. The van der Waals surface area contributed by atoms with Crippen molar-refractivity contribution in [1.82, 2.24) is 24.1 Å². The molecule has 0 radical (unpaired) electrons. The molecule has 0 amide bonds. The maximum absolute atomic E-state index is 6.02. The van der Waals surface area contributed by atoms with E-state index in [0.29, 0.717) is 13.2 Å². The van der Waals surface area contributed by atoms with Crippen LogP contribution in [0.1, 0.15) is 65.2 Å². The van der Waals surface area contributed by atoms with Gasteiger partial charge in [0.2, 0.25) is 0 Å². The molecule has 46 heavy (non-hydrogen) atoms. The molecule has 3 aromatic heterocycles. The summed E-state index contributed by atoms with van der Waals surface area (Å²) in [4.78, 5) is 15.2. The summed E-state index contributed by atoms with van der Waals surface area (Å²) in [6.07, 6.45) is 9.67. The first-order valence-electron chi connectivity index (χ1n) is 15.8. The topological polar surface area (TPSA) is 67.0 Å². The predicted octanol–water partition coefficient (Wildman–Crippen LogP) is -0.682. The van der Waals surface area contributed by atoms with Crippen molar-refractivity contribution < 1.29 is 65.3 Å². The van der Waals surface area contributed by atoms with Gasteiger partial charge in [-0.15, -0.1) is 0 Å². The van der Waals surface area contributed by atoms with Gasteiger partial charge in [-0.3, -0.25) is 0 Å². The van der Waals surface area contributed by atoms with Crippen molar-refractivity contribution in [3.63, 3.8) is 0 Å². The Morgan fingerprint density at radius 3 is 1.37 bits per heavy atom. The quantitative estimate of drug-likeness (QED) is 0.112. The Hall–Kier alpha value is -2.10. The number of aromatic nitrogens is 5. The monoisotopic (exact) mass is 723 g/mol. The van der Waals surface area contributed by atoms with Crippen LogP contribution in [0.25, 0.3) is 45.1 Å². The Labute approximate surface area is 304 Å². The Kier molecular flexibility index (Phi) is 20.5. The van der Waals surface area contributed by atoms with Gasteiger partial charge in [-0.1, -0.05) is 82.7 Å². The molecule has 0 atom stereocenters. The molecule has 248 valence electrons. The average Bonchev–Trinajstić information content (AvgIpc) is 3.59. The molecule has 7 nitrogen and oxygen atoms in total. The number of hydrogen-bond acceptors (Lipinski definition) is 5. The zero-order valence-corrected chi connectivity index (χ0v) is 30.5.